The predicted molar refractivity (Wildman–Crippen MR) is 156 cm³/mol. The highest BCUT2D eigenvalue weighted by molar-refractivity contribution is 9.11. The molecule has 0 atom stereocenters. The Labute approximate surface area is 255 Å². The van der Waals surface area contributed by atoms with Crippen LogP contribution in [0.5, 0.6) is 11.8 Å². The highest BCUT2D eigenvalue weighted by atomic mass is 79.9. The number of nitrogens with zero attached hydrogens (tertiary/aromatic N) is 4. The number of sulfonamides is 2. The second-order valence-electron chi connectivity index (χ2n) is 6.46. The summed E-state index contributed by atoms with van der Waals surface area (Å²) in [4.78, 5) is 16.0. The van der Waals surface area contributed by atoms with E-state index >= 15 is 0 Å². The van der Waals surface area contributed by atoms with Gasteiger partial charge >= 0.3 is 0 Å². The molecular formula is C18H14Br3ClN6O6S4. The number of halogens is 4. The van der Waals surface area contributed by atoms with Crippen LogP contribution in [0.1, 0.15) is 0 Å². The Morgan fingerprint density at radius 2 is 1.42 bits per heavy atom. The first-order valence-corrected chi connectivity index (χ1v) is 17.0. The fourth-order valence-electron chi connectivity index (χ4n) is 2.40. The summed E-state index contributed by atoms with van der Waals surface area (Å²) in [6.45, 7) is 0. The van der Waals surface area contributed by atoms with Crippen molar-refractivity contribution in [3.63, 3.8) is 0 Å². The number of aromatic nitrogens is 4. The van der Waals surface area contributed by atoms with Gasteiger partial charge in [-0.25, -0.2) is 36.8 Å². The average molecular weight is 814 g/mol. The largest absolute Gasteiger partial charge is 0.478 e. The molecule has 0 aliphatic rings. The first kappa shape index (κ1) is 30.9. The molecule has 204 valence electrons. The molecule has 4 aromatic heterocycles. The number of methoxy groups -OCH3 is 2. The maximum absolute atomic E-state index is 12.3. The van der Waals surface area contributed by atoms with Gasteiger partial charge in [-0.1, -0.05) is 11.6 Å². The molecule has 0 spiro atoms. The van der Waals surface area contributed by atoms with Crippen molar-refractivity contribution in [2.45, 2.75) is 9.10 Å². The number of hydrogen-bond donors (Lipinski definition) is 2. The van der Waals surface area contributed by atoms with Gasteiger partial charge < -0.3 is 9.47 Å². The normalized spacial score (nSPS) is 11.3. The van der Waals surface area contributed by atoms with E-state index in [0.29, 0.717) is 18.0 Å². The molecule has 20 heteroatoms. The summed E-state index contributed by atoms with van der Waals surface area (Å²) in [7, 11) is -4.73. The molecule has 0 aliphatic heterocycles. The minimum atomic E-state index is -3.83. The van der Waals surface area contributed by atoms with Gasteiger partial charge in [0.05, 0.1) is 40.3 Å². The zero-order valence-electron chi connectivity index (χ0n) is 18.8. The van der Waals surface area contributed by atoms with Gasteiger partial charge in [-0.05, 0) is 65.3 Å². The lowest BCUT2D eigenvalue weighted by atomic mass is 10.6. The Bertz CT molecular complexity index is 1640. The summed E-state index contributed by atoms with van der Waals surface area (Å²) >= 11 is 17.4. The lowest BCUT2D eigenvalue weighted by molar-refractivity contribution is 0.397. The second kappa shape index (κ2) is 13.2. The van der Waals surface area contributed by atoms with Gasteiger partial charge in [0.15, 0.2) is 4.21 Å². The molecule has 0 fully saturated rings. The summed E-state index contributed by atoms with van der Waals surface area (Å²) in [5, 5.41) is 3.21. The SMILES string of the molecule is COc1nc(Br)cnc1NS(=O)(=O)c1ccsc1.COc1nc(Br)cnc1NS(=O)(=O)c1sc(Cl)cc1Br. The number of hydrogen-bond acceptors (Lipinski definition) is 12. The lowest BCUT2D eigenvalue weighted by Crippen LogP contribution is -2.14. The van der Waals surface area contributed by atoms with E-state index in [0.717, 1.165) is 11.3 Å². The van der Waals surface area contributed by atoms with Gasteiger partial charge in [0, 0.05) is 5.38 Å². The van der Waals surface area contributed by atoms with E-state index in [1.54, 1.807) is 5.38 Å². The van der Waals surface area contributed by atoms with E-state index in [9.17, 15) is 16.8 Å². The molecule has 0 bridgehead atoms. The summed E-state index contributed by atoms with van der Waals surface area (Å²) in [6, 6.07) is 3.01. The van der Waals surface area contributed by atoms with Gasteiger partial charge in [0.25, 0.3) is 31.8 Å². The van der Waals surface area contributed by atoms with Crippen molar-refractivity contribution >= 4 is 114 Å². The van der Waals surface area contributed by atoms with E-state index in [4.69, 9.17) is 21.1 Å². The Hall–Kier alpha value is -1.61. The molecule has 4 rings (SSSR count). The third-order valence-electron chi connectivity index (χ3n) is 3.95. The maximum Gasteiger partial charge on any atom is 0.273 e. The van der Waals surface area contributed by atoms with Crippen molar-refractivity contribution in [1.82, 2.24) is 19.9 Å². The summed E-state index contributed by atoms with van der Waals surface area (Å²) in [6.07, 6.45) is 2.74. The van der Waals surface area contributed by atoms with Crippen LogP contribution in [0.2, 0.25) is 4.34 Å². The topological polar surface area (TPSA) is 162 Å². The number of thiophene rings is 2. The minimum absolute atomic E-state index is 0.00729. The molecule has 0 unspecified atom stereocenters. The fraction of sp³-hybridized carbons (Fsp3) is 0.111. The Balaban J connectivity index is 0.000000212. The molecule has 2 N–H and O–H groups in total. The van der Waals surface area contributed by atoms with Crippen molar-refractivity contribution in [3.8, 4) is 11.8 Å². The lowest BCUT2D eigenvalue weighted by Gasteiger charge is -2.09. The minimum Gasteiger partial charge on any atom is -0.478 e. The van der Waals surface area contributed by atoms with Crippen molar-refractivity contribution in [2.24, 2.45) is 0 Å². The monoisotopic (exact) mass is 810 g/mol. The molecule has 38 heavy (non-hydrogen) atoms. The molecule has 0 amide bonds. The molecule has 0 aliphatic carbocycles. The van der Waals surface area contributed by atoms with Crippen LogP contribution >= 0.6 is 82.1 Å². The summed E-state index contributed by atoms with van der Waals surface area (Å²) in [5.41, 5.74) is 0. The fourth-order valence-corrected chi connectivity index (χ4v) is 8.98. The molecule has 0 saturated carbocycles. The summed E-state index contributed by atoms with van der Waals surface area (Å²) in [5.74, 6) is 0.198. The third kappa shape index (κ3) is 7.96. The number of ether oxygens (including phenoxy) is 2. The van der Waals surface area contributed by atoms with Crippen LogP contribution in [0.4, 0.5) is 11.6 Å². The quantitative estimate of drug-likeness (QED) is 0.228. The first-order chi connectivity index (χ1) is 17.9. The molecular weight excluding hydrogens is 800 g/mol. The molecule has 4 aromatic rings. The van der Waals surface area contributed by atoms with E-state index in [2.05, 4.69) is 77.2 Å². The Morgan fingerprint density at radius 3 is 1.84 bits per heavy atom. The zero-order valence-corrected chi connectivity index (χ0v) is 27.6. The van der Waals surface area contributed by atoms with Crippen LogP contribution in [0, 0.1) is 0 Å². The van der Waals surface area contributed by atoms with Gasteiger partial charge in [-0.3, -0.25) is 9.44 Å². The van der Waals surface area contributed by atoms with Crippen molar-refractivity contribution in [3.05, 3.63) is 53.3 Å². The standard InChI is InChI=1S/C9H6Br2ClN3O3S2.C9H8BrN3O3S2/c1-18-8-7(13-3-5(11)14-8)15-20(16,17)9-4(10)2-6(12)19-9;1-16-9-8(11-4-7(10)12-9)13-18(14,15)6-2-3-17-5-6/h2-3H,1H3,(H,13,15);2-5H,1H3,(H,11,13). The molecule has 4 heterocycles. The predicted octanol–water partition coefficient (Wildman–Crippen LogP) is 5.64. The second-order valence-corrected chi connectivity index (χ2v) is 15.0. The van der Waals surface area contributed by atoms with Crippen molar-refractivity contribution in [2.75, 3.05) is 23.7 Å². The van der Waals surface area contributed by atoms with Gasteiger partial charge in [0.1, 0.15) is 9.21 Å². The smallest absolute Gasteiger partial charge is 0.273 e. The highest BCUT2D eigenvalue weighted by Crippen LogP contribution is 2.36. The molecule has 0 aromatic carbocycles. The van der Waals surface area contributed by atoms with E-state index in [1.165, 1.54) is 55.5 Å². The molecule has 0 saturated heterocycles. The zero-order chi connectivity index (χ0) is 28.1. The third-order valence-corrected chi connectivity index (χ3v) is 11.2. The van der Waals surface area contributed by atoms with Gasteiger partial charge in [-0.15, -0.1) is 11.3 Å². The van der Waals surface area contributed by atoms with E-state index < -0.39 is 20.0 Å². The van der Waals surface area contributed by atoms with Gasteiger partial charge in [-0.2, -0.15) is 11.3 Å². The van der Waals surface area contributed by atoms with Crippen LogP contribution < -0.4 is 18.9 Å². The molecule has 0 radical (unpaired) electrons. The van der Waals surface area contributed by atoms with Crippen LogP contribution in [0.3, 0.4) is 0 Å². The first-order valence-electron chi connectivity index (χ1n) is 9.52. The maximum atomic E-state index is 12.3. The Kier molecular flexibility index (Phi) is 10.7. The Morgan fingerprint density at radius 1 is 0.895 bits per heavy atom. The summed E-state index contributed by atoms with van der Waals surface area (Å²) < 4.78 is 64.7. The highest BCUT2D eigenvalue weighted by Gasteiger charge is 2.24. The van der Waals surface area contributed by atoms with Crippen LogP contribution in [-0.2, 0) is 20.0 Å². The van der Waals surface area contributed by atoms with Crippen LogP contribution in [0.15, 0.2) is 58.1 Å². The van der Waals surface area contributed by atoms with Gasteiger partial charge in [0.2, 0.25) is 11.6 Å². The van der Waals surface area contributed by atoms with E-state index in [-0.39, 0.29) is 32.5 Å². The van der Waals surface area contributed by atoms with Crippen molar-refractivity contribution < 1.29 is 26.3 Å². The van der Waals surface area contributed by atoms with Crippen LogP contribution in [0.25, 0.3) is 0 Å². The van der Waals surface area contributed by atoms with E-state index in [1.807, 2.05) is 0 Å². The number of anilines is 2. The van der Waals surface area contributed by atoms with Crippen LogP contribution in [-0.4, -0.2) is 51.0 Å². The van der Waals surface area contributed by atoms with Crippen molar-refractivity contribution in [1.29, 1.82) is 0 Å². The molecule has 12 nitrogen and oxygen atoms in total. The average Bonchev–Trinajstić information content (AvgIpc) is 3.52. The number of rotatable bonds is 8. The number of nitrogens with one attached hydrogen (secondary N) is 2.